The largest absolute Gasteiger partial charge is 0.298 e. The molecule has 0 spiro atoms. The van der Waals surface area contributed by atoms with Gasteiger partial charge in [0.25, 0.3) is 0 Å². The fraction of sp³-hybridized carbons (Fsp3) is 0.889. The second-order valence-electron chi connectivity index (χ2n) is 1.58. The van der Waals surface area contributed by atoms with E-state index in [9.17, 15) is 0 Å². The standard InChI is InChI=1S/C5H9N.2C2H6/c1-2-4-6-5-3-1;2*1-2/h4H,1-3,5H2;2*1-2H3. The summed E-state index contributed by atoms with van der Waals surface area (Å²) >= 11 is 0. The Kier molecular flexibility index (Phi) is 19.6. The minimum Gasteiger partial charge on any atom is -0.298 e. The number of hydrogen-bond acceptors (Lipinski definition) is 1. The SMILES string of the molecule is C1=NCCCC1.CC.CC. The van der Waals surface area contributed by atoms with Crippen LogP contribution in [0.15, 0.2) is 4.99 Å². The van der Waals surface area contributed by atoms with Gasteiger partial charge in [-0.05, 0) is 25.5 Å². The molecule has 1 aliphatic rings. The molecule has 1 heterocycles. The average Bonchev–Trinajstić information content (AvgIpc) is 2.14. The first kappa shape index (κ1) is 12.4. The molecule has 62 valence electrons. The predicted molar refractivity (Wildman–Crippen MR) is 49.9 cm³/mol. The first-order valence-electron chi connectivity index (χ1n) is 4.48. The highest BCUT2D eigenvalue weighted by Gasteiger charge is 1.88. The summed E-state index contributed by atoms with van der Waals surface area (Å²) in [6, 6.07) is 0. The van der Waals surface area contributed by atoms with Gasteiger partial charge in [-0.25, -0.2) is 0 Å². The molecular weight excluding hydrogens is 122 g/mol. The molecule has 0 atom stereocenters. The molecular formula is C9H21N. The number of hydrogen-bond donors (Lipinski definition) is 0. The zero-order valence-corrected chi connectivity index (χ0v) is 7.85. The van der Waals surface area contributed by atoms with Crippen LogP contribution in [0.25, 0.3) is 0 Å². The Morgan fingerprint density at radius 1 is 1.00 bits per heavy atom. The summed E-state index contributed by atoms with van der Waals surface area (Å²) in [5.74, 6) is 0. The fourth-order valence-electron chi connectivity index (χ4n) is 0.621. The van der Waals surface area contributed by atoms with Crippen molar-refractivity contribution in [1.29, 1.82) is 0 Å². The highest BCUT2D eigenvalue weighted by Crippen LogP contribution is 1.97. The van der Waals surface area contributed by atoms with E-state index >= 15 is 0 Å². The minimum absolute atomic E-state index is 1.07. The Morgan fingerprint density at radius 3 is 1.70 bits per heavy atom. The summed E-state index contributed by atoms with van der Waals surface area (Å²) in [6.07, 6.45) is 5.88. The lowest BCUT2D eigenvalue weighted by atomic mass is 10.2. The minimum atomic E-state index is 1.07. The van der Waals surface area contributed by atoms with Gasteiger partial charge in [0.1, 0.15) is 0 Å². The van der Waals surface area contributed by atoms with Crippen LogP contribution in [0.3, 0.4) is 0 Å². The molecule has 0 unspecified atom stereocenters. The molecule has 0 radical (unpaired) electrons. The molecule has 0 fully saturated rings. The second-order valence-corrected chi connectivity index (χ2v) is 1.58. The van der Waals surface area contributed by atoms with Gasteiger partial charge in [-0.3, -0.25) is 4.99 Å². The van der Waals surface area contributed by atoms with Crippen molar-refractivity contribution in [1.82, 2.24) is 0 Å². The molecule has 1 heteroatoms. The Morgan fingerprint density at radius 2 is 1.60 bits per heavy atom. The van der Waals surface area contributed by atoms with Gasteiger partial charge in [-0.15, -0.1) is 0 Å². The highest BCUT2D eigenvalue weighted by atomic mass is 14.7. The van der Waals surface area contributed by atoms with E-state index in [4.69, 9.17) is 0 Å². The van der Waals surface area contributed by atoms with Crippen LogP contribution in [0.5, 0.6) is 0 Å². The molecule has 0 N–H and O–H groups in total. The average molecular weight is 143 g/mol. The lowest BCUT2D eigenvalue weighted by Crippen LogP contribution is -1.89. The third-order valence-corrected chi connectivity index (χ3v) is 1.000. The van der Waals surface area contributed by atoms with Gasteiger partial charge in [0.15, 0.2) is 0 Å². The molecule has 1 nitrogen and oxygen atoms in total. The molecule has 10 heavy (non-hydrogen) atoms. The molecule has 0 bridgehead atoms. The third kappa shape index (κ3) is 10.6. The van der Waals surface area contributed by atoms with Gasteiger partial charge in [-0.2, -0.15) is 0 Å². The molecule has 0 amide bonds. The predicted octanol–water partition coefficient (Wildman–Crippen LogP) is 3.29. The summed E-state index contributed by atoms with van der Waals surface area (Å²) in [4.78, 5) is 4.05. The lowest BCUT2D eigenvalue weighted by Gasteiger charge is -1.97. The molecule has 0 aliphatic carbocycles. The monoisotopic (exact) mass is 143 g/mol. The quantitative estimate of drug-likeness (QED) is 0.493. The van der Waals surface area contributed by atoms with E-state index in [1.165, 1.54) is 19.3 Å². The highest BCUT2D eigenvalue weighted by molar-refractivity contribution is 5.57. The van der Waals surface area contributed by atoms with Gasteiger partial charge in [-0.1, -0.05) is 27.7 Å². The Bertz CT molecular complexity index is 49.7. The van der Waals surface area contributed by atoms with E-state index in [2.05, 4.69) is 4.99 Å². The summed E-state index contributed by atoms with van der Waals surface area (Å²) < 4.78 is 0. The van der Waals surface area contributed by atoms with Crippen LogP contribution in [-0.2, 0) is 0 Å². The fourth-order valence-corrected chi connectivity index (χ4v) is 0.621. The van der Waals surface area contributed by atoms with Gasteiger partial charge in [0, 0.05) is 6.54 Å². The van der Waals surface area contributed by atoms with Crippen LogP contribution in [0.4, 0.5) is 0 Å². The number of rotatable bonds is 0. The molecule has 0 aromatic rings. The van der Waals surface area contributed by atoms with Gasteiger partial charge >= 0.3 is 0 Å². The first-order valence-corrected chi connectivity index (χ1v) is 4.48. The van der Waals surface area contributed by atoms with E-state index in [0.29, 0.717) is 0 Å². The maximum absolute atomic E-state index is 4.05. The van der Waals surface area contributed by atoms with E-state index < -0.39 is 0 Å². The normalized spacial score (nSPS) is 14.0. The molecule has 0 saturated carbocycles. The molecule has 1 aliphatic heterocycles. The van der Waals surface area contributed by atoms with Crippen LogP contribution in [0, 0.1) is 0 Å². The summed E-state index contributed by atoms with van der Waals surface area (Å²) in [6.45, 7) is 9.07. The maximum Gasteiger partial charge on any atom is 0.0385 e. The summed E-state index contributed by atoms with van der Waals surface area (Å²) in [7, 11) is 0. The lowest BCUT2D eigenvalue weighted by molar-refractivity contribution is 0.749. The third-order valence-electron chi connectivity index (χ3n) is 1.000. The Hall–Kier alpha value is -0.330. The maximum atomic E-state index is 4.05. The Labute approximate surface area is 65.6 Å². The van der Waals surface area contributed by atoms with Crippen molar-refractivity contribution in [2.45, 2.75) is 47.0 Å². The summed E-state index contributed by atoms with van der Waals surface area (Å²) in [5, 5.41) is 0. The van der Waals surface area contributed by atoms with Crippen LogP contribution >= 0.6 is 0 Å². The van der Waals surface area contributed by atoms with Crippen molar-refractivity contribution in [3.05, 3.63) is 0 Å². The zero-order chi connectivity index (χ0) is 8.24. The van der Waals surface area contributed by atoms with Crippen molar-refractivity contribution in [2.24, 2.45) is 4.99 Å². The number of nitrogens with zero attached hydrogens (tertiary/aromatic N) is 1. The molecule has 0 aromatic heterocycles. The van der Waals surface area contributed by atoms with Crippen molar-refractivity contribution < 1.29 is 0 Å². The Balaban J connectivity index is 0. The van der Waals surface area contributed by atoms with Crippen molar-refractivity contribution in [2.75, 3.05) is 6.54 Å². The van der Waals surface area contributed by atoms with Crippen molar-refractivity contribution in [3.8, 4) is 0 Å². The van der Waals surface area contributed by atoms with Crippen LogP contribution < -0.4 is 0 Å². The van der Waals surface area contributed by atoms with Gasteiger partial charge in [0.05, 0.1) is 0 Å². The first-order chi connectivity index (χ1) is 5.00. The van der Waals surface area contributed by atoms with E-state index in [-0.39, 0.29) is 0 Å². The van der Waals surface area contributed by atoms with E-state index in [1.807, 2.05) is 33.9 Å². The van der Waals surface area contributed by atoms with E-state index in [1.54, 1.807) is 0 Å². The topological polar surface area (TPSA) is 12.4 Å². The smallest absolute Gasteiger partial charge is 0.0385 e. The zero-order valence-electron chi connectivity index (χ0n) is 7.85. The van der Waals surface area contributed by atoms with Crippen LogP contribution in [0.1, 0.15) is 47.0 Å². The van der Waals surface area contributed by atoms with E-state index in [0.717, 1.165) is 6.54 Å². The number of aliphatic imine (C=N–C) groups is 1. The second kappa shape index (κ2) is 15.9. The van der Waals surface area contributed by atoms with Gasteiger partial charge in [0.2, 0.25) is 0 Å². The molecule has 0 saturated heterocycles. The molecule has 0 aromatic carbocycles. The molecule has 1 rings (SSSR count). The van der Waals surface area contributed by atoms with Crippen LogP contribution in [0.2, 0.25) is 0 Å². The van der Waals surface area contributed by atoms with Crippen molar-refractivity contribution in [3.63, 3.8) is 0 Å². The summed E-state index contributed by atoms with van der Waals surface area (Å²) in [5.41, 5.74) is 0. The van der Waals surface area contributed by atoms with Crippen molar-refractivity contribution >= 4 is 6.21 Å². The van der Waals surface area contributed by atoms with Crippen LogP contribution in [-0.4, -0.2) is 12.8 Å². The van der Waals surface area contributed by atoms with Gasteiger partial charge < -0.3 is 0 Å².